The number of aromatic hydroxyl groups is 1. The number of nitrogens with two attached hydrogens (primary N) is 2. The molecule has 0 saturated carbocycles. The molecule has 4 amide bonds. The Morgan fingerprint density at radius 3 is 1.97 bits per heavy atom. The molecule has 188 valence electrons. The second-order valence-corrected chi connectivity index (χ2v) is 8.39. The van der Waals surface area contributed by atoms with Crippen LogP contribution in [-0.2, 0) is 30.4 Å². The highest BCUT2D eigenvalue weighted by molar-refractivity contribution is 7.80. The summed E-state index contributed by atoms with van der Waals surface area (Å²) in [7, 11) is 0. The number of phenolic OH excluding ortho intramolecular Hbond substituents is 1. The number of rotatable bonds is 13. The van der Waals surface area contributed by atoms with Crippen molar-refractivity contribution in [1.82, 2.24) is 16.0 Å². The van der Waals surface area contributed by atoms with Gasteiger partial charge >= 0.3 is 5.97 Å². The maximum Gasteiger partial charge on any atom is 0.326 e. The molecule has 1 rings (SSSR count). The molecule has 4 unspecified atom stereocenters. The van der Waals surface area contributed by atoms with Crippen molar-refractivity contribution in [3.63, 3.8) is 0 Å². The average Bonchev–Trinajstić information content (AvgIpc) is 2.76. The van der Waals surface area contributed by atoms with E-state index >= 15 is 0 Å². The van der Waals surface area contributed by atoms with E-state index in [0.29, 0.717) is 5.56 Å². The predicted molar refractivity (Wildman–Crippen MR) is 126 cm³/mol. The molecule has 0 saturated heterocycles. The van der Waals surface area contributed by atoms with Gasteiger partial charge in [0.1, 0.15) is 23.9 Å². The number of carboxylic acids is 1. The molecule has 0 aliphatic carbocycles. The van der Waals surface area contributed by atoms with Crippen molar-refractivity contribution < 1.29 is 34.2 Å². The predicted octanol–water partition coefficient (Wildman–Crippen LogP) is -1.74. The van der Waals surface area contributed by atoms with E-state index in [1.165, 1.54) is 24.3 Å². The van der Waals surface area contributed by atoms with Gasteiger partial charge in [-0.15, -0.1) is 0 Å². The van der Waals surface area contributed by atoms with E-state index in [2.05, 4.69) is 28.6 Å². The fourth-order valence-corrected chi connectivity index (χ4v) is 3.06. The number of aliphatic carboxylic acids is 1. The van der Waals surface area contributed by atoms with Gasteiger partial charge in [-0.2, -0.15) is 12.6 Å². The van der Waals surface area contributed by atoms with Crippen LogP contribution in [0.5, 0.6) is 5.75 Å². The Morgan fingerprint density at radius 1 is 0.941 bits per heavy atom. The van der Waals surface area contributed by atoms with Gasteiger partial charge in [0, 0.05) is 12.2 Å². The molecular formula is C21H31N5O7S. The minimum absolute atomic E-state index is 0.00855. The van der Waals surface area contributed by atoms with Crippen molar-refractivity contribution >= 4 is 42.2 Å². The van der Waals surface area contributed by atoms with Crippen LogP contribution in [0.15, 0.2) is 24.3 Å². The number of carbonyl (C=O) groups excluding carboxylic acids is 4. The smallest absolute Gasteiger partial charge is 0.326 e. The Balaban J connectivity index is 2.97. The molecule has 0 heterocycles. The second-order valence-electron chi connectivity index (χ2n) is 8.02. The molecule has 34 heavy (non-hydrogen) atoms. The Hall–Kier alpha value is -3.32. The number of phenols is 1. The molecule has 13 heteroatoms. The van der Waals surface area contributed by atoms with E-state index in [-0.39, 0.29) is 17.9 Å². The molecule has 0 bridgehead atoms. The highest BCUT2D eigenvalue weighted by Gasteiger charge is 2.32. The third kappa shape index (κ3) is 9.27. The number of primary amides is 1. The molecule has 4 atom stereocenters. The summed E-state index contributed by atoms with van der Waals surface area (Å²) in [6, 6.07) is 0.895. The zero-order valence-electron chi connectivity index (χ0n) is 18.9. The minimum Gasteiger partial charge on any atom is -0.508 e. The second kappa shape index (κ2) is 13.4. The monoisotopic (exact) mass is 497 g/mol. The van der Waals surface area contributed by atoms with E-state index in [4.69, 9.17) is 11.5 Å². The molecule has 0 aromatic heterocycles. The lowest BCUT2D eigenvalue weighted by atomic mass is 10.0. The molecule has 0 radical (unpaired) electrons. The molecule has 0 aliphatic rings. The third-order valence-electron chi connectivity index (χ3n) is 4.81. The number of amides is 4. The normalized spacial score (nSPS) is 14.4. The maximum atomic E-state index is 12.9. The van der Waals surface area contributed by atoms with Gasteiger partial charge in [-0.25, -0.2) is 4.79 Å². The Morgan fingerprint density at radius 2 is 1.50 bits per heavy atom. The highest BCUT2D eigenvalue weighted by atomic mass is 32.1. The maximum absolute atomic E-state index is 12.9. The summed E-state index contributed by atoms with van der Waals surface area (Å²) in [4.78, 5) is 60.8. The van der Waals surface area contributed by atoms with Gasteiger partial charge in [-0.05, 0) is 23.6 Å². The summed E-state index contributed by atoms with van der Waals surface area (Å²) >= 11 is 3.91. The van der Waals surface area contributed by atoms with Crippen LogP contribution in [0.3, 0.4) is 0 Å². The quantitative estimate of drug-likeness (QED) is 0.146. The first-order valence-corrected chi connectivity index (χ1v) is 11.1. The lowest BCUT2D eigenvalue weighted by molar-refractivity contribution is -0.142. The van der Waals surface area contributed by atoms with Gasteiger partial charge < -0.3 is 37.6 Å². The van der Waals surface area contributed by atoms with E-state index in [0.717, 1.165) is 0 Å². The first-order valence-electron chi connectivity index (χ1n) is 10.4. The lowest BCUT2D eigenvalue weighted by Crippen LogP contribution is -2.59. The van der Waals surface area contributed by atoms with E-state index in [1.807, 2.05) is 0 Å². The number of thiol groups is 1. The number of carboxylic acid groups (broad SMARTS) is 1. The molecule has 12 nitrogen and oxygen atoms in total. The fraction of sp³-hybridized carbons (Fsp3) is 0.476. The van der Waals surface area contributed by atoms with Crippen LogP contribution in [0.2, 0.25) is 0 Å². The lowest BCUT2D eigenvalue weighted by Gasteiger charge is -2.26. The van der Waals surface area contributed by atoms with Crippen molar-refractivity contribution in [2.75, 3.05) is 5.75 Å². The molecule has 0 aliphatic heterocycles. The molecule has 0 spiro atoms. The van der Waals surface area contributed by atoms with Crippen molar-refractivity contribution in [3.8, 4) is 5.75 Å². The van der Waals surface area contributed by atoms with E-state index in [9.17, 15) is 34.2 Å². The zero-order valence-corrected chi connectivity index (χ0v) is 19.7. The van der Waals surface area contributed by atoms with Gasteiger partial charge in [0.15, 0.2) is 0 Å². The molecular weight excluding hydrogens is 466 g/mol. The van der Waals surface area contributed by atoms with Crippen LogP contribution in [0.25, 0.3) is 0 Å². The Kier molecular flexibility index (Phi) is 11.3. The average molecular weight is 498 g/mol. The Labute approximate surface area is 202 Å². The van der Waals surface area contributed by atoms with E-state index < -0.39 is 66.1 Å². The molecule has 9 N–H and O–H groups in total. The fourth-order valence-electron chi connectivity index (χ4n) is 2.89. The Bertz CT molecular complexity index is 894. The third-order valence-corrected chi connectivity index (χ3v) is 5.20. The van der Waals surface area contributed by atoms with Crippen molar-refractivity contribution in [3.05, 3.63) is 29.8 Å². The number of benzene rings is 1. The van der Waals surface area contributed by atoms with Crippen LogP contribution < -0.4 is 27.4 Å². The topological polar surface area (TPSA) is 214 Å². The summed E-state index contributed by atoms with van der Waals surface area (Å²) in [5.74, 6) is -5.01. The van der Waals surface area contributed by atoms with Crippen molar-refractivity contribution in [2.24, 2.45) is 17.4 Å². The molecule has 1 aromatic rings. The highest BCUT2D eigenvalue weighted by Crippen LogP contribution is 2.12. The van der Waals surface area contributed by atoms with Gasteiger partial charge in [-0.3, -0.25) is 19.2 Å². The number of nitrogens with one attached hydrogen (secondary N) is 3. The van der Waals surface area contributed by atoms with Gasteiger partial charge in [-0.1, -0.05) is 26.0 Å². The summed E-state index contributed by atoms with van der Waals surface area (Å²) in [5, 5.41) is 26.0. The number of hydrogen-bond donors (Lipinski definition) is 8. The summed E-state index contributed by atoms with van der Waals surface area (Å²) in [6.45, 7) is 3.25. The summed E-state index contributed by atoms with van der Waals surface area (Å²) in [5.41, 5.74) is 11.3. The van der Waals surface area contributed by atoms with Crippen LogP contribution in [0.4, 0.5) is 0 Å². The number of carbonyl (C=O) groups is 5. The SMILES string of the molecule is CC(C)C(NC(=O)C(CC(N)=O)NC(=O)C(N)CS)C(=O)NC(Cc1ccc(O)cc1)C(=O)O. The standard InChI is InChI=1S/C21H31N5O7S/c1-10(2)17(26-19(30)14(8-16(23)28)24-18(29)13(22)9-34)20(31)25-15(21(32)33)7-11-3-5-12(27)6-4-11/h3-6,10,13-15,17,27,34H,7-9,22H2,1-2H3,(H2,23,28)(H,24,29)(H,25,31)(H,26,30)(H,32,33). The first-order chi connectivity index (χ1) is 15.8. The van der Waals surface area contributed by atoms with Gasteiger partial charge in [0.05, 0.1) is 12.5 Å². The van der Waals surface area contributed by atoms with Gasteiger partial charge in [0.2, 0.25) is 23.6 Å². The van der Waals surface area contributed by atoms with Crippen LogP contribution in [0.1, 0.15) is 25.8 Å². The summed E-state index contributed by atoms with van der Waals surface area (Å²) in [6.07, 6.45) is -0.607. The van der Waals surface area contributed by atoms with Crippen molar-refractivity contribution in [1.29, 1.82) is 0 Å². The van der Waals surface area contributed by atoms with Gasteiger partial charge in [0.25, 0.3) is 0 Å². The van der Waals surface area contributed by atoms with E-state index in [1.54, 1.807) is 13.8 Å². The van der Waals surface area contributed by atoms with Crippen LogP contribution in [-0.4, -0.2) is 69.7 Å². The van der Waals surface area contributed by atoms with Crippen molar-refractivity contribution in [2.45, 2.75) is 50.9 Å². The van der Waals surface area contributed by atoms with Crippen LogP contribution >= 0.6 is 12.6 Å². The largest absolute Gasteiger partial charge is 0.508 e. The molecule has 0 fully saturated rings. The molecule has 1 aromatic carbocycles. The summed E-state index contributed by atoms with van der Waals surface area (Å²) < 4.78 is 0. The number of hydrogen-bond acceptors (Lipinski definition) is 8. The van der Waals surface area contributed by atoms with Crippen LogP contribution in [0, 0.1) is 5.92 Å². The zero-order chi connectivity index (χ0) is 26.0. The first kappa shape index (κ1) is 28.7. The minimum atomic E-state index is -1.39.